The van der Waals surface area contributed by atoms with Crippen molar-refractivity contribution in [3.8, 4) is 11.5 Å². The molecule has 6 nitrogen and oxygen atoms in total. The summed E-state index contributed by atoms with van der Waals surface area (Å²) in [6, 6.07) is 3.71. The fraction of sp³-hybridized carbons (Fsp3) is 0.312. The van der Waals surface area contributed by atoms with Crippen LogP contribution in [0.15, 0.2) is 23.1 Å². The highest BCUT2D eigenvalue weighted by molar-refractivity contribution is 8.26. The Morgan fingerprint density at radius 1 is 1.52 bits per heavy atom. The first kappa shape index (κ1) is 19.6. The van der Waals surface area contributed by atoms with Crippen LogP contribution < -0.4 is 4.74 Å². The van der Waals surface area contributed by atoms with Gasteiger partial charge in [-0.1, -0.05) is 30.0 Å². The zero-order chi connectivity index (χ0) is 18.6. The predicted octanol–water partition coefficient (Wildman–Crippen LogP) is 2.81. The smallest absolute Gasteiger partial charge is 0.326 e. The summed E-state index contributed by atoms with van der Waals surface area (Å²) in [5, 5.41) is 19.1. The Balaban J connectivity index is 2.29. The lowest BCUT2D eigenvalue weighted by molar-refractivity contribution is -0.145. The Bertz CT molecular complexity index is 734. The Hall–Kier alpha value is -1.71. The van der Waals surface area contributed by atoms with Crippen LogP contribution in [0.4, 0.5) is 0 Å². The van der Waals surface area contributed by atoms with Crippen LogP contribution in [0.5, 0.6) is 11.5 Å². The lowest BCUT2D eigenvalue weighted by atomic mass is 10.1. The van der Waals surface area contributed by atoms with E-state index in [1.807, 2.05) is 6.26 Å². The summed E-state index contributed by atoms with van der Waals surface area (Å²) in [5.41, 5.74) is 0.645. The molecule has 0 saturated carbocycles. The van der Waals surface area contributed by atoms with Gasteiger partial charge in [-0.2, -0.15) is 11.8 Å². The minimum atomic E-state index is -1.07. The van der Waals surface area contributed by atoms with Crippen molar-refractivity contribution in [3.63, 3.8) is 0 Å². The molecule has 2 rings (SSSR count). The fourth-order valence-corrected chi connectivity index (χ4v) is 4.09. The van der Waals surface area contributed by atoms with Crippen LogP contribution in [0, 0.1) is 0 Å². The number of carboxylic acids is 1. The molecule has 1 atom stereocenters. The second-order valence-electron chi connectivity index (χ2n) is 5.12. The third kappa shape index (κ3) is 4.47. The number of aliphatic carboxylic acids is 1. The van der Waals surface area contributed by atoms with Gasteiger partial charge in [0.05, 0.1) is 12.0 Å². The van der Waals surface area contributed by atoms with Gasteiger partial charge >= 0.3 is 5.97 Å². The van der Waals surface area contributed by atoms with Crippen molar-refractivity contribution in [2.75, 3.05) is 19.1 Å². The van der Waals surface area contributed by atoms with Gasteiger partial charge < -0.3 is 14.9 Å². The topological polar surface area (TPSA) is 87.1 Å². The normalized spacial score (nSPS) is 17.2. The number of hydrogen-bond donors (Lipinski definition) is 2. The molecule has 1 heterocycles. The van der Waals surface area contributed by atoms with Gasteiger partial charge in [-0.15, -0.1) is 0 Å². The van der Waals surface area contributed by atoms with Crippen molar-refractivity contribution in [3.05, 3.63) is 28.7 Å². The van der Waals surface area contributed by atoms with E-state index in [9.17, 15) is 19.8 Å². The average Bonchev–Trinajstić information content (AvgIpc) is 2.84. The summed E-state index contributed by atoms with van der Waals surface area (Å²) < 4.78 is 5.28. The molecule has 1 saturated heterocycles. The van der Waals surface area contributed by atoms with Gasteiger partial charge in [0.2, 0.25) is 0 Å². The number of carboxylic acid groups (broad SMARTS) is 1. The average molecular weight is 400 g/mol. The lowest BCUT2D eigenvalue weighted by Crippen LogP contribution is -2.44. The molecule has 134 valence electrons. The van der Waals surface area contributed by atoms with Crippen molar-refractivity contribution in [1.82, 2.24) is 4.90 Å². The van der Waals surface area contributed by atoms with Gasteiger partial charge in [0.25, 0.3) is 5.91 Å². The number of thioether (sulfide) groups is 2. The molecule has 2 N–H and O–H groups in total. The largest absolute Gasteiger partial charge is 0.504 e. The number of aromatic hydroxyl groups is 1. The van der Waals surface area contributed by atoms with E-state index in [0.717, 1.165) is 11.8 Å². The summed E-state index contributed by atoms with van der Waals surface area (Å²) in [5.74, 6) is -0.598. The predicted molar refractivity (Wildman–Crippen MR) is 104 cm³/mol. The van der Waals surface area contributed by atoms with E-state index in [-0.39, 0.29) is 15.8 Å². The summed E-state index contributed by atoms with van der Waals surface area (Å²) in [6.45, 7) is 0. The number of benzene rings is 1. The van der Waals surface area contributed by atoms with Crippen LogP contribution >= 0.6 is 35.7 Å². The zero-order valence-electron chi connectivity index (χ0n) is 13.6. The van der Waals surface area contributed by atoms with Gasteiger partial charge in [-0.25, -0.2) is 4.79 Å². The first-order valence-electron chi connectivity index (χ1n) is 7.24. The van der Waals surface area contributed by atoms with Crippen LogP contribution in [0.1, 0.15) is 12.0 Å². The Morgan fingerprint density at radius 3 is 2.84 bits per heavy atom. The fourth-order valence-electron chi connectivity index (χ4n) is 2.28. The molecule has 1 aromatic rings. The third-order valence-corrected chi connectivity index (χ3v) is 5.49. The van der Waals surface area contributed by atoms with Gasteiger partial charge in [0.15, 0.2) is 11.5 Å². The molecular formula is C16H17NO5S3. The molecule has 1 amide bonds. The van der Waals surface area contributed by atoms with E-state index in [2.05, 4.69) is 0 Å². The second-order valence-corrected chi connectivity index (χ2v) is 7.78. The summed E-state index contributed by atoms with van der Waals surface area (Å²) in [7, 11) is 1.43. The molecule has 1 aromatic carbocycles. The molecule has 0 radical (unpaired) electrons. The standard InChI is InChI=1S/C16H17NO5S3/c1-22-12-7-9(3-4-11(12)18)8-13-14(19)17(16(23)25-13)10(15(20)21)5-6-24-2/h3-4,7-8,10,18H,5-6H2,1-2H3,(H,20,21). The second kappa shape index (κ2) is 8.59. The molecule has 0 bridgehead atoms. The molecule has 9 heteroatoms. The minimum Gasteiger partial charge on any atom is -0.504 e. The van der Waals surface area contributed by atoms with Crippen molar-refractivity contribution < 1.29 is 24.5 Å². The van der Waals surface area contributed by atoms with Gasteiger partial charge in [0, 0.05) is 0 Å². The van der Waals surface area contributed by atoms with Crippen LogP contribution in [-0.4, -0.2) is 56.5 Å². The highest BCUT2D eigenvalue weighted by Crippen LogP contribution is 2.36. The van der Waals surface area contributed by atoms with Crippen LogP contribution in [0.3, 0.4) is 0 Å². The van der Waals surface area contributed by atoms with E-state index < -0.39 is 17.9 Å². The van der Waals surface area contributed by atoms with Crippen molar-refractivity contribution in [2.45, 2.75) is 12.5 Å². The molecule has 25 heavy (non-hydrogen) atoms. The summed E-state index contributed by atoms with van der Waals surface area (Å²) >= 11 is 7.80. The maximum Gasteiger partial charge on any atom is 0.326 e. The first-order valence-corrected chi connectivity index (χ1v) is 9.86. The van der Waals surface area contributed by atoms with Crippen LogP contribution in [0.2, 0.25) is 0 Å². The van der Waals surface area contributed by atoms with E-state index in [4.69, 9.17) is 17.0 Å². The number of thiocarbonyl (C=S) groups is 1. The highest BCUT2D eigenvalue weighted by atomic mass is 32.2. The molecule has 0 spiro atoms. The number of methoxy groups -OCH3 is 1. The SMILES string of the molecule is COc1cc(C=C2SC(=S)N(C(CCSC)C(=O)O)C2=O)ccc1O. The van der Waals surface area contributed by atoms with Gasteiger partial charge in [-0.05, 0) is 42.2 Å². The quantitative estimate of drug-likeness (QED) is 0.535. The van der Waals surface area contributed by atoms with Crippen LogP contribution in [-0.2, 0) is 9.59 Å². The number of carbonyl (C=O) groups excluding carboxylic acids is 1. The van der Waals surface area contributed by atoms with Crippen molar-refractivity contribution >= 4 is 58.0 Å². The maximum absolute atomic E-state index is 12.6. The van der Waals surface area contributed by atoms with E-state index >= 15 is 0 Å². The highest BCUT2D eigenvalue weighted by Gasteiger charge is 2.40. The Labute approximate surface area is 159 Å². The molecule has 1 aliphatic heterocycles. The lowest BCUT2D eigenvalue weighted by Gasteiger charge is -2.22. The molecule has 1 fully saturated rings. The van der Waals surface area contributed by atoms with Gasteiger partial charge in [-0.3, -0.25) is 9.69 Å². The molecule has 1 unspecified atom stereocenters. The summed E-state index contributed by atoms with van der Waals surface area (Å²) in [6.07, 6.45) is 3.80. The molecule has 0 aliphatic carbocycles. The van der Waals surface area contributed by atoms with Gasteiger partial charge in [0.1, 0.15) is 10.4 Å². The molecular weight excluding hydrogens is 382 g/mol. The number of phenols is 1. The van der Waals surface area contributed by atoms with Crippen molar-refractivity contribution in [1.29, 1.82) is 0 Å². The van der Waals surface area contributed by atoms with E-state index in [0.29, 0.717) is 22.6 Å². The number of hydrogen-bond acceptors (Lipinski definition) is 7. The van der Waals surface area contributed by atoms with Crippen molar-refractivity contribution in [2.24, 2.45) is 0 Å². The van der Waals surface area contributed by atoms with Crippen LogP contribution in [0.25, 0.3) is 6.08 Å². The maximum atomic E-state index is 12.6. The number of ether oxygens (including phenoxy) is 1. The zero-order valence-corrected chi connectivity index (χ0v) is 16.0. The number of rotatable bonds is 7. The van der Waals surface area contributed by atoms with E-state index in [1.54, 1.807) is 18.2 Å². The first-order chi connectivity index (χ1) is 11.9. The number of carbonyl (C=O) groups is 2. The Kier molecular flexibility index (Phi) is 6.74. The Morgan fingerprint density at radius 2 is 2.24 bits per heavy atom. The number of phenolic OH excluding ortho intramolecular Hbond substituents is 1. The molecule has 0 aromatic heterocycles. The number of nitrogens with zero attached hydrogens (tertiary/aromatic N) is 1. The van der Waals surface area contributed by atoms with E-state index in [1.165, 1.54) is 29.8 Å². The minimum absolute atomic E-state index is 0.00444. The molecule has 1 aliphatic rings. The summed E-state index contributed by atoms with van der Waals surface area (Å²) in [4.78, 5) is 25.7. The number of amides is 1. The monoisotopic (exact) mass is 399 g/mol. The third-order valence-electron chi connectivity index (χ3n) is 3.52.